The average Bonchev–Trinajstić information content (AvgIpc) is 2.36. The van der Waals surface area contributed by atoms with Gasteiger partial charge in [-0.3, -0.25) is 0 Å². The smallest absolute Gasteiger partial charge is 0.119 e. The normalized spacial score (nSPS) is 18.8. The Morgan fingerprint density at radius 3 is 3.18 bits per heavy atom. The number of rotatable bonds is 5. The fraction of sp³-hybridized carbons (Fsp3) is 0.571. The van der Waals surface area contributed by atoms with Crippen LogP contribution in [-0.4, -0.2) is 18.1 Å². The molecular formula is C14H21NOS. The van der Waals surface area contributed by atoms with E-state index in [1.54, 1.807) is 0 Å². The molecule has 0 radical (unpaired) electrons. The first-order valence-electron chi connectivity index (χ1n) is 6.40. The van der Waals surface area contributed by atoms with Crippen LogP contribution in [0.15, 0.2) is 18.2 Å². The van der Waals surface area contributed by atoms with E-state index in [4.69, 9.17) is 10.5 Å². The molecular weight excluding hydrogens is 230 g/mol. The molecule has 94 valence electrons. The Morgan fingerprint density at radius 2 is 2.35 bits per heavy atom. The van der Waals surface area contributed by atoms with Crippen molar-refractivity contribution in [3.8, 4) is 5.75 Å². The van der Waals surface area contributed by atoms with Crippen molar-refractivity contribution in [2.24, 2.45) is 5.73 Å². The molecule has 0 saturated carbocycles. The van der Waals surface area contributed by atoms with Crippen LogP contribution in [0.1, 0.15) is 36.9 Å². The summed E-state index contributed by atoms with van der Waals surface area (Å²) < 4.78 is 5.75. The zero-order chi connectivity index (χ0) is 12.1. The summed E-state index contributed by atoms with van der Waals surface area (Å²) in [6.45, 7) is 2.95. The van der Waals surface area contributed by atoms with Crippen LogP contribution in [0.5, 0.6) is 5.75 Å². The molecule has 1 aromatic rings. The van der Waals surface area contributed by atoms with Crippen molar-refractivity contribution in [3.63, 3.8) is 0 Å². The first-order valence-corrected chi connectivity index (χ1v) is 7.55. The summed E-state index contributed by atoms with van der Waals surface area (Å²) in [6, 6.07) is 6.59. The fourth-order valence-corrected chi connectivity index (χ4v) is 2.76. The van der Waals surface area contributed by atoms with Gasteiger partial charge in [0.1, 0.15) is 5.75 Å². The number of ether oxygens (including phenoxy) is 1. The van der Waals surface area contributed by atoms with E-state index in [1.807, 2.05) is 11.8 Å². The van der Waals surface area contributed by atoms with E-state index in [0.29, 0.717) is 0 Å². The fourth-order valence-electron chi connectivity index (χ4n) is 2.27. The maximum absolute atomic E-state index is 6.13. The quantitative estimate of drug-likeness (QED) is 0.816. The summed E-state index contributed by atoms with van der Waals surface area (Å²) in [5, 5.41) is 0. The van der Waals surface area contributed by atoms with Crippen LogP contribution < -0.4 is 10.5 Å². The number of nitrogens with two attached hydrogens (primary N) is 1. The van der Waals surface area contributed by atoms with Gasteiger partial charge < -0.3 is 10.5 Å². The van der Waals surface area contributed by atoms with Gasteiger partial charge in [-0.1, -0.05) is 13.0 Å². The molecule has 1 aliphatic rings. The Balaban J connectivity index is 1.97. The molecule has 2 nitrogen and oxygen atoms in total. The van der Waals surface area contributed by atoms with Crippen molar-refractivity contribution in [2.75, 3.05) is 18.1 Å². The van der Waals surface area contributed by atoms with Crippen LogP contribution in [-0.2, 0) is 6.42 Å². The Kier molecular flexibility index (Phi) is 4.75. The summed E-state index contributed by atoms with van der Waals surface area (Å²) in [4.78, 5) is 0. The van der Waals surface area contributed by atoms with Gasteiger partial charge in [-0.25, -0.2) is 0 Å². The molecule has 0 fully saturated rings. The van der Waals surface area contributed by atoms with E-state index in [9.17, 15) is 0 Å². The first-order chi connectivity index (χ1) is 8.31. The van der Waals surface area contributed by atoms with Gasteiger partial charge in [0.25, 0.3) is 0 Å². The van der Waals surface area contributed by atoms with Gasteiger partial charge in [0, 0.05) is 11.8 Å². The molecule has 1 atom stereocenters. The molecule has 17 heavy (non-hydrogen) atoms. The van der Waals surface area contributed by atoms with E-state index < -0.39 is 0 Å². The molecule has 2 N–H and O–H groups in total. The van der Waals surface area contributed by atoms with Gasteiger partial charge in [-0.15, -0.1) is 0 Å². The highest BCUT2D eigenvalue weighted by atomic mass is 32.2. The Bertz CT molecular complexity index is 367. The van der Waals surface area contributed by atoms with E-state index in [1.165, 1.54) is 17.5 Å². The number of hydrogen-bond donors (Lipinski definition) is 1. The highest BCUT2D eigenvalue weighted by Crippen LogP contribution is 2.30. The predicted octanol–water partition coefficient (Wildman–Crippen LogP) is 3.15. The third-order valence-corrected chi connectivity index (χ3v) is 4.04. The molecule has 0 spiro atoms. The lowest BCUT2D eigenvalue weighted by Crippen LogP contribution is -2.17. The molecule has 2 rings (SSSR count). The second-order valence-electron chi connectivity index (χ2n) is 4.40. The lowest BCUT2D eigenvalue weighted by Gasteiger charge is -2.22. The maximum Gasteiger partial charge on any atom is 0.119 e. The van der Waals surface area contributed by atoms with Crippen LogP contribution in [0, 0.1) is 0 Å². The summed E-state index contributed by atoms with van der Waals surface area (Å²) in [5.74, 6) is 3.18. The highest BCUT2D eigenvalue weighted by molar-refractivity contribution is 7.99. The first kappa shape index (κ1) is 12.8. The summed E-state index contributed by atoms with van der Waals surface area (Å²) in [7, 11) is 0. The summed E-state index contributed by atoms with van der Waals surface area (Å²) in [5.41, 5.74) is 8.82. The molecule has 1 aliphatic carbocycles. The molecule has 0 heterocycles. The molecule has 0 saturated heterocycles. The zero-order valence-corrected chi connectivity index (χ0v) is 11.3. The van der Waals surface area contributed by atoms with E-state index in [2.05, 4.69) is 25.1 Å². The van der Waals surface area contributed by atoms with Gasteiger partial charge >= 0.3 is 0 Å². The molecule has 1 aromatic carbocycles. The number of benzene rings is 1. The highest BCUT2D eigenvalue weighted by Gasteiger charge is 2.17. The van der Waals surface area contributed by atoms with Gasteiger partial charge in [-0.05, 0) is 48.3 Å². The minimum Gasteiger partial charge on any atom is -0.493 e. The zero-order valence-electron chi connectivity index (χ0n) is 10.4. The largest absolute Gasteiger partial charge is 0.493 e. The predicted molar refractivity (Wildman–Crippen MR) is 74.8 cm³/mol. The van der Waals surface area contributed by atoms with E-state index in [-0.39, 0.29) is 6.04 Å². The standard InChI is InChI=1S/C14H21NOS/c1-2-17-9-8-16-12-7-6-11-4-3-5-14(15)13(11)10-12/h6-7,10,14H,2-5,8-9,15H2,1H3. The lowest BCUT2D eigenvalue weighted by atomic mass is 9.88. The van der Waals surface area contributed by atoms with E-state index >= 15 is 0 Å². The third kappa shape index (κ3) is 3.39. The number of thioether (sulfide) groups is 1. The summed E-state index contributed by atoms with van der Waals surface area (Å²) >= 11 is 1.91. The van der Waals surface area contributed by atoms with E-state index in [0.717, 1.165) is 36.7 Å². The monoisotopic (exact) mass is 251 g/mol. The average molecular weight is 251 g/mol. The minimum absolute atomic E-state index is 0.201. The SMILES string of the molecule is CCSCCOc1ccc2c(c1)C(N)CCC2. The van der Waals surface area contributed by atoms with Crippen molar-refractivity contribution in [1.29, 1.82) is 0 Å². The number of fused-ring (bicyclic) bond motifs is 1. The second-order valence-corrected chi connectivity index (χ2v) is 5.80. The van der Waals surface area contributed by atoms with Crippen molar-refractivity contribution >= 4 is 11.8 Å². The molecule has 1 unspecified atom stereocenters. The second kappa shape index (κ2) is 6.31. The van der Waals surface area contributed by atoms with Crippen LogP contribution >= 0.6 is 11.8 Å². The Morgan fingerprint density at radius 1 is 1.47 bits per heavy atom. The number of hydrogen-bond acceptors (Lipinski definition) is 3. The lowest BCUT2D eigenvalue weighted by molar-refractivity contribution is 0.342. The molecule has 0 bridgehead atoms. The number of aryl methyl sites for hydroxylation is 1. The molecule has 0 amide bonds. The summed E-state index contributed by atoms with van der Waals surface area (Å²) in [6.07, 6.45) is 3.47. The third-order valence-electron chi connectivity index (χ3n) is 3.18. The van der Waals surface area contributed by atoms with Crippen molar-refractivity contribution in [3.05, 3.63) is 29.3 Å². The van der Waals surface area contributed by atoms with Crippen molar-refractivity contribution in [1.82, 2.24) is 0 Å². The molecule has 0 aromatic heterocycles. The van der Waals surface area contributed by atoms with Gasteiger partial charge in [0.05, 0.1) is 6.61 Å². The van der Waals surface area contributed by atoms with Crippen LogP contribution in [0.2, 0.25) is 0 Å². The van der Waals surface area contributed by atoms with Gasteiger partial charge in [0.2, 0.25) is 0 Å². The van der Waals surface area contributed by atoms with Crippen LogP contribution in [0.3, 0.4) is 0 Å². The van der Waals surface area contributed by atoms with Crippen LogP contribution in [0.4, 0.5) is 0 Å². The van der Waals surface area contributed by atoms with Crippen LogP contribution in [0.25, 0.3) is 0 Å². The van der Waals surface area contributed by atoms with Gasteiger partial charge in [-0.2, -0.15) is 11.8 Å². The maximum atomic E-state index is 6.13. The van der Waals surface area contributed by atoms with Gasteiger partial charge in [0.15, 0.2) is 0 Å². The molecule has 0 aliphatic heterocycles. The molecule has 3 heteroatoms. The Hall–Kier alpha value is -0.670. The topological polar surface area (TPSA) is 35.2 Å². The van der Waals surface area contributed by atoms with Crippen molar-refractivity contribution < 1.29 is 4.74 Å². The minimum atomic E-state index is 0.201. The Labute approximate surface area is 108 Å². The van der Waals surface area contributed by atoms with Crippen molar-refractivity contribution in [2.45, 2.75) is 32.2 Å².